The van der Waals surface area contributed by atoms with Crippen molar-refractivity contribution in [2.24, 2.45) is 0 Å². The molecule has 0 aliphatic heterocycles. The fourth-order valence-corrected chi connectivity index (χ4v) is 4.71. The van der Waals surface area contributed by atoms with E-state index in [0.717, 1.165) is 20.7 Å². The Morgan fingerprint density at radius 1 is 1.50 bits per heavy atom. The Bertz CT molecular complexity index is 665. The van der Waals surface area contributed by atoms with Gasteiger partial charge in [0.25, 0.3) is 10.0 Å². The molecule has 0 amide bonds. The van der Waals surface area contributed by atoms with Crippen LogP contribution in [-0.4, -0.2) is 13.4 Å². The molecular formula is C10H8BrClN2O2S2. The fourth-order valence-electron chi connectivity index (χ4n) is 1.21. The summed E-state index contributed by atoms with van der Waals surface area (Å²) in [7, 11) is -3.62. The van der Waals surface area contributed by atoms with E-state index in [1.165, 1.54) is 18.5 Å². The number of thiophene rings is 1. The van der Waals surface area contributed by atoms with Crippen LogP contribution in [0.25, 0.3) is 0 Å². The number of aromatic nitrogens is 1. The van der Waals surface area contributed by atoms with Crippen LogP contribution in [0.3, 0.4) is 0 Å². The minimum atomic E-state index is -3.62. The lowest BCUT2D eigenvalue weighted by atomic mass is 10.4. The lowest BCUT2D eigenvalue weighted by Crippen LogP contribution is -2.11. The summed E-state index contributed by atoms with van der Waals surface area (Å²) in [6.45, 7) is 1.83. The molecule has 2 aromatic heterocycles. The second-order valence-corrected chi connectivity index (χ2v) is 8.17. The van der Waals surface area contributed by atoms with Crippen molar-refractivity contribution in [2.75, 3.05) is 4.72 Å². The first kappa shape index (κ1) is 13.8. The van der Waals surface area contributed by atoms with Gasteiger partial charge in [0, 0.05) is 6.20 Å². The van der Waals surface area contributed by atoms with Gasteiger partial charge in [-0.15, -0.1) is 11.3 Å². The lowest BCUT2D eigenvalue weighted by molar-refractivity contribution is 0.603. The number of aryl methyl sites for hydroxylation is 1. The molecule has 0 aliphatic rings. The molecular weight excluding hydrogens is 360 g/mol. The first-order chi connectivity index (χ1) is 8.40. The summed E-state index contributed by atoms with van der Waals surface area (Å²) in [6.07, 6.45) is 2.86. The Hall–Kier alpha value is -0.630. The summed E-state index contributed by atoms with van der Waals surface area (Å²) >= 11 is 10.3. The minimum absolute atomic E-state index is 0.229. The second-order valence-electron chi connectivity index (χ2n) is 3.48. The Morgan fingerprint density at radius 3 is 2.78 bits per heavy atom. The molecule has 8 heteroatoms. The molecule has 0 radical (unpaired) electrons. The normalized spacial score (nSPS) is 11.5. The third-order valence-corrected chi connectivity index (χ3v) is 6.42. The summed E-state index contributed by atoms with van der Waals surface area (Å²) in [4.78, 5) is 3.83. The highest BCUT2D eigenvalue weighted by Crippen LogP contribution is 2.32. The smallest absolute Gasteiger partial charge is 0.271 e. The number of rotatable bonds is 3. The monoisotopic (exact) mass is 366 g/mol. The maximum absolute atomic E-state index is 12.1. The number of hydrogen-bond donors (Lipinski definition) is 1. The van der Waals surface area contributed by atoms with Gasteiger partial charge in [-0.05, 0) is 40.5 Å². The third kappa shape index (κ3) is 2.85. The van der Waals surface area contributed by atoms with E-state index in [2.05, 4.69) is 25.6 Å². The lowest BCUT2D eigenvalue weighted by Gasteiger charge is -2.06. The summed E-state index contributed by atoms with van der Waals surface area (Å²) in [6, 6.07) is 3.12. The quantitative estimate of drug-likeness (QED) is 0.900. The van der Waals surface area contributed by atoms with Crippen molar-refractivity contribution >= 4 is 54.6 Å². The highest BCUT2D eigenvalue weighted by atomic mass is 79.9. The molecule has 0 saturated carbocycles. The predicted molar refractivity (Wildman–Crippen MR) is 76.8 cm³/mol. The van der Waals surface area contributed by atoms with E-state index in [-0.39, 0.29) is 9.90 Å². The van der Waals surface area contributed by atoms with Crippen molar-refractivity contribution in [3.8, 4) is 0 Å². The Balaban J connectivity index is 2.36. The molecule has 2 heterocycles. The number of nitrogens with one attached hydrogen (secondary N) is 1. The molecule has 2 aromatic rings. The number of hydrogen-bond acceptors (Lipinski definition) is 4. The van der Waals surface area contributed by atoms with Gasteiger partial charge in [0.1, 0.15) is 4.21 Å². The number of pyridine rings is 1. The minimum Gasteiger partial charge on any atom is -0.276 e. The van der Waals surface area contributed by atoms with Crippen molar-refractivity contribution in [3.05, 3.63) is 38.9 Å². The van der Waals surface area contributed by atoms with Crippen LogP contribution in [0.1, 0.15) is 5.56 Å². The molecule has 0 saturated heterocycles. The number of sulfonamides is 1. The van der Waals surface area contributed by atoms with Gasteiger partial charge in [-0.2, -0.15) is 0 Å². The maximum atomic E-state index is 12.1. The molecule has 0 spiro atoms. The van der Waals surface area contributed by atoms with Gasteiger partial charge in [0.2, 0.25) is 0 Å². The zero-order valence-electron chi connectivity index (χ0n) is 9.15. The van der Waals surface area contributed by atoms with Crippen molar-refractivity contribution in [3.63, 3.8) is 0 Å². The molecule has 0 bridgehead atoms. The van der Waals surface area contributed by atoms with Gasteiger partial charge in [0.05, 0.1) is 20.7 Å². The Morgan fingerprint density at radius 2 is 2.22 bits per heavy atom. The largest absolute Gasteiger partial charge is 0.276 e. The van der Waals surface area contributed by atoms with Gasteiger partial charge in [-0.3, -0.25) is 9.71 Å². The zero-order valence-corrected chi connectivity index (χ0v) is 13.1. The van der Waals surface area contributed by atoms with Crippen LogP contribution in [0.4, 0.5) is 5.69 Å². The van der Waals surface area contributed by atoms with Gasteiger partial charge < -0.3 is 0 Å². The molecule has 0 unspecified atom stereocenters. The maximum Gasteiger partial charge on any atom is 0.271 e. The van der Waals surface area contributed by atoms with E-state index in [9.17, 15) is 8.42 Å². The van der Waals surface area contributed by atoms with Crippen molar-refractivity contribution in [1.82, 2.24) is 4.98 Å². The van der Waals surface area contributed by atoms with Gasteiger partial charge in [0.15, 0.2) is 0 Å². The summed E-state index contributed by atoms with van der Waals surface area (Å²) < 4.78 is 27.7. The van der Waals surface area contributed by atoms with E-state index < -0.39 is 10.0 Å². The van der Waals surface area contributed by atoms with Crippen LogP contribution in [0.5, 0.6) is 0 Å². The first-order valence-electron chi connectivity index (χ1n) is 4.78. The molecule has 18 heavy (non-hydrogen) atoms. The average Bonchev–Trinajstić information content (AvgIpc) is 2.63. The second kappa shape index (κ2) is 5.16. The molecule has 1 N–H and O–H groups in total. The summed E-state index contributed by atoms with van der Waals surface area (Å²) in [5.74, 6) is 0. The van der Waals surface area contributed by atoms with Crippen molar-refractivity contribution < 1.29 is 8.42 Å². The van der Waals surface area contributed by atoms with Crippen molar-refractivity contribution in [2.45, 2.75) is 11.1 Å². The predicted octanol–water partition coefficient (Wildman–Crippen LogP) is 3.67. The van der Waals surface area contributed by atoms with E-state index in [4.69, 9.17) is 11.6 Å². The highest BCUT2D eigenvalue weighted by Gasteiger charge is 2.19. The molecule has 96 valence electrons. The average molecular weight is 368 g/mol. The first-order valence-corrected chi connectivity index (χ1v) is 8.25. The number of nitrogens with zero attached hydrogens (tertiary/aromatic N) is 1. The van der Waals surface area contributed by atoms with Crippen LogP contribution in [0.2, 0.25) is 5.02 Å². The zero-order chi connectivity index (χ0) is 13.3. The van der Waals surface area contributed by atoms with Crippen LogP contribution >= 0.6 is 38.9 Å². The van der Waals surface area contributed by atoms with Crippen LogP contribution in [-0.2, 0) is 10.0 Å². The van der Waals surface area contributed by atoms with E-state index in [0.29, 0.717) is 5.02 Å². The Kier molecular flexibility index (Phi) is 3.96. The van der Waals surface area contributed by atoms with E-state index in [1.807, 2.05) is 6.92 Å². The molecule has 4 nitrogen and oxygen atoms in total. The van der Waals surface area contributed by atoms with Gasteiger partial charge in [-0.1, -0.05) is 11.6 Å². The summed E-state index contributed by atoms with van der Waals surface area (Å²) in [5.41, 5.74) is 1.14. The van der Waals surface area contributed by atoms with E-state index >= 15 is 0 Å². The van der Waals surface area contributed by atoms with Crippen LogP contribution in [0.15, 0.2) is 32.5 Å². The molecule has 2 rings (SSSR count). The standard InChI is InChI=1S/C10H8BrClN2O2S2/c1-6-4-9(17-10(6)11)18(15,16)14-8-5-13-3-2-7(8)12/h2-5,14H,1H3. The number of anilines is 1. The van der Waals surface area contributed by atoms with Crippen molar-refractivity contribution in [1.29, 1.82) is 0 Å². The molecule has 0 fully saturated rings. The SMILES string of the molecule is Cc1cc(S(=O)(=O)Nc2cnccc2Cl)sc1Br. The molecule has 0 aliphatic carbocycles. The van der Waals surface area contributed by atoms with Gasteiger partial charge in [-0.25, -0.2) is 8.42 Å². The fraction of sp³-hybridized carbons (Fsp3) is 0.100. The Labute approximate surface area is 122 Å². The van der Waals surface area contributed by atoms with Crippen LogP contribution < -0.4 is 4.72 Å². The summed E-state index contributed by atoms with van der Waals surface area (Å²) in [5, 5.41) is 0.306. The third-order valence-electron chi connectivity index (χ3n) is 2.11. The van der Waals surface area contributed by atoms with E-state index in [1.54, 1.807) is 6.07 Å². The molecule has 0 atom stereocenters. The van der Waals surface area contributed by atoms with Gasteiger partial charge >= 0.3 is 0 Å². The highest BCUT2D eigenvalue weighted by molar-refractivity contribution is 9.11. The number of halogens is 2. The topological polar surface area (TPSA) is 59.1 Å². The van der Waals surface area contributed by atoms with Crippen LogP contribution in [0, 0.1) is 6.92 Å². The molecule has 0 aromatic carbocycles.